The number of para-hydroxylation sites is 1. The van der Waals surface area contributed by atoms with Crippen LogP contribution >= 0.6 is 0 Å². The third kappa shape index (κ3) is 4.54. The molecule has 0 radical (unpaired) electrons. The number of carbonyl (C=O) groups excluding carboxylic acids is 1. The van der Waals surface area contributed by atoms with E-state index in [0.717, 1.165) is 24.3 Å². The van der Waals surface area contributed by atoms with Crippen LogP contribution in [0, 0.1) is 0 Å². The first-order chi connectivity index (χ1) is 13.2. The monoisotopic (exact) mass is 416 g/mol. The fraction of sp³-hybridized carbons (Fsp3) is 0.235. The Balaban J connectivity index is 1.69. The summed E-state index contributed by atoms with van der Waals surface area (Å²) in [5.41, 5.74) is 0.402. The van der Waals surface area contributed by atoms with E-state index in [-0.39, 0.29) is 17.1 Å². The predicted molar refractivity (Wildman–Crippen MR) is 92.6 cm³/mol. The molecule has 0 spiro atoms. The summed E-state index contributed by atoms with van der Waals surface area (Å²) < 4.78 is 74.9. The van der Waals surface area contributed by atoms with Crippen LogP contribution in [0.4, 0.5) is 18.9 Å². The summed E-state index contributed by atoms with van der Waals surface area (Å²) >= 11 is 0. The number of hydrogen-bond donors (Lipinski definition) is 2. The molecule has 28 heavy (non-hydrogen) atoms. The van der Waals surface area contributed by atoms with E-state index >= 15 is 0 Å². The summed E-state index contributed by atoms with van der Waals surface area (Å²) in [6.07, 6.45) is -5.03. The van der Waals surface area contributed by atoms with Gasteiger partial charge in [0, 0.05) is 17.8 Å². The molecule has 2 aromatic carbocycles. The first kappa shape index (κ1) is 20.0. The van der Waals surface area contributed by atoms with Crippen LogP contribution in [0.3, 0.4) is 0 Å². The van der Waals surface area contributed by atoms with E-state index in [9.17, 15) is 26.4 Å². The molecule has 1 heterocycles. The van der Waals surface area contributed by atoms with E-state index in [1.165, 1.54) is 0 Å². The van der Waals surface area contributed by atoms with Gasteiger partial charge < -0.3 is 14.8 Å². The number of carbonyl (C=O) groups is 1. The molecule has 0 aromatic heterocycles. The normalized spacial score (nSPS) is 13.8. The molecule has 0 atom stereocenters. The maximum Gasteiger partial charge on any atom is 0.471 e. The van der Waals surface area contributed by atoms with Gasteiger partial charge in [0.15, 0.2) is 11.5 Å². The van der Waals surface area contributed by atoms with Crippen LogP contribution in [0.5, 0.6) is 11.5 Å². The topological polar surface area (TPSA) is 93.7 Å². The van der Waals surface area contributed by atoms with Gasteiger partial charge in [-0.15, -0.1) is 0 Å². The Morgan fingerprint density at radius 2 is 1.71 bits per heavy atom. The molecule has 1 aliphatic heterocycles. The number of alkyl halides is 3. The summed E-state index contributed by atoms with van der Waals surface area (Å²) in [6, 6.07) is 9.42. The fourth-order valence-corrected chi connectivity index (χ4v) is 3.46. The van der Waals surface area contributed by atoms with Crippen LogP contribution in [0.1, 0.15) is 5.56 Å². The molecule has 0 unspecified atom stereocenters. The lowest BCUT2D eigenvalue weighted by Gasteiger charge is -2.21. The molecular weight excluding hydrogens is 401 g/mol. The average Bonchev–Trinajstić information content (AvgIpc) is 2.66. The molecule has 2 aromatic rings. The first-order valence-electron chi connectivity index (χ1n) is 8.02. The van der Waals surface area contributed by atoms with E-state index in [1.54, 1.807) is 23.5 Å². The number of sulfonamides is 1. The molecule has 0 bridgehead atoms. The number of fused-ring (bicyclic) bond motifs is 1. The zero-order valence-corrected chi connectivity index (χ0v) is 15.1. The molecule has 0 fully saturated rings. The van der Waals surface area contributed by atoms with Crippen LogP contribution in [0.15, 0.2) is 47.4 Å². The second kappa shape index (κ2) is 7.68. The Hall–Kier alpha value is -2.79. The lowest BCUT2D eigenvalue weighted by molar-refractivity contribution is -0.167. The van der Waals surface area contributed by atoms with Crippen molar-refractivity contribution >= 4 is 21.6 Å². The van der Waals surface area contributed by atoms with Crippen molar-refractivity contribution in [3.8, 4) is 11.5 Å². The highest BCUT2D eigenvalue weighted by Gasteiger charge is 2.38. The molecule has 1 aliphatic rings. The van der Waals surface area contributed by atoms with Crippen LogP contribution < -0.4 is 19.5 Å². The number of benzene rings is 2. The number of amides is 1. The maximum atomic E-state index is 12.4. The number of nitrogens with one attached hydrogen (secondary N) is 2. The molecule has 3 rings (SSSR count). The van der Waals surface area contributed by atoms with Gasteiger partial charge in [0.1, 0.15) is 13.2 Å². The molecular formula is C17H15F3N2O5S. The number of anilines is 1. The minimum absolute atomic E-state index is 0.0680. The second-order valence-electron chi connectivity index (χ2n) is 5.74. The molecule has 0 saturated heterocycles. The minimum atomic E-state index is -5.03. The highest BCUT2D eigenvalue weighted by Crippen LogP contribution is 2.33. The van der Waals surface area contributed by atoms with Gasteiger partial charge in [0.05, 0.1) is 4.90 Å². The lowest BCUT2D eigenvalue weighted by Crippen LogP contribution is -2.30. The average molecular weight is 416 g/mol. The van der Waals surface area contributed by atoms with E-state index < -0.39 is 22.1 Å². The number of halogens is 3. The summed E-state index contributed by atoms with van der Waals surface area (Å²) in [7, 11) is -3.94. The van der Waals surface area contributed by atoms with Crippen molar-refractivity contribution in [2.24, 2.45) is 0 Å². The quantitative estimate of drug-likeness (QED) is 0.781. The smallest absolute Gasteiger partial charge is 0.471 e. The van der Waals surface area contributed by atoms with E-state index in [0.29, 0.717) is 30.3 Å². The summed E-state index contributed by atoms with van der Waals surface area (Å²) in [5.74, 6) is -1.16. The van der Waals surface area contributed by atoms with Crippen molar-refractivity contribution in [2.45, 2.75) is 17.6 Å². The molecule has 1 amide bonds. The van der Waals surface area contributed by atoms with Crippen LogP contribution in [0.2, 0.25) is 0 Å². The first-order valence-corrected chi connectivity index (χ1v) is 9.50. The highest BCUT2D eigenvalue weighted by molar-refractivity contribution is 7.89. The molecule has 0 aliphatic carbocycles. The number of rotatable bonds is 5. The molecule has 0 saturated carbocycles. The zero-order chi connectivity index (χ0) is 20.4. The zero-order valence-electron chi connectivity index (χ0n) is 14.2. The van der Waals surface area contributed by atoms with Gasteiger partial charge in [-0.3, -0.25) is 4.79 Å². The lowest BCUT2D eigenvalue weighted by atomic mass is 10.2. The van der Waals surface area contributed by atoms with E-state index in [4.69, 9.17) is 9.47 Å². The fourth-order valence-electron chi connectivity index (χ4n) is 2.45. The summed E-state index contributed by atoms with van der Waals surface area (Å²) in [5, 5.41) is 1.64. The Morgan fingerprint density at radius 3 is 2.39 bits per heavy atom. The molecule has 7 nitrogen and oxygen atoms in total. The SMILES string of the molecule is O=C(Nc1ccc(S(=O)(=O)NCc2cccc3c2OCCO3)cc1)C(F)(F)F. The van der Waals surface area contributed by atoms with Gasteiger partial charge in [-0.1, -0.05) is 12.1 Å². The van der Waals surface area contributed by atoms with Gasteiger partial charge in [-0.05, 0) is 30.3 Å². The van der Waals surface area contributed by atoms with Gasteiger partial charge in [-0.25, -0.2) is 13.1 Å². The standard InChI is InChI=1S/C17H15F3N2O5S/c18-17(19,20)16(23)22-12-4-6-13(7-5-12)28(24,25)21-10-11-2-1-3-14-15(11)27-9-8-26-14/h1-7,21H,8-10H2,(H,22,23). The van der Waals surface area contributed by atoms with Crippen LogP contribution in [0.25, 0.3) is 0 Å². The number of hydrogen-bond acceptors (Lipinski definition) is 5. The summed E-state index contributed by atoms with van der Waals surface area (Å²) in [6.45, 7) is 0.683. The van der Waals surface area contributed by atoms with E-state index in [1.807, 2.05) is 0 Å². The van der Waals surface area contributed by atoms with Crippen molar-refractivity contribution in [3.05, 3.63) is 48.0 Å². The van der Waals surface area contributed by atoms with Gasteiger partial charge in [-0.2, -0.15) is 13.2 Å². The predicted octanol–water partition coefficient (Wildman–Crippen LogP) is 2.44. The Kier molecular flexibility index (Phi) is 5.47. The van der Waals surface area contributed by atoms with Crippen molar-refractivity contribution < 1.29 is 35.9 Å². The Morgan fingerprint density at radius 1 is 1.04 bits per heavy atom. The van der Waals surface area contributed by atoms with Crippen molar-refractivity contribution in [1.29, 1.82) is 0 Å². The Labute approximate surface area is 158 Å². The van der Waals surface area contributed by atoms with Crippen molar-refractivity contribution in [1.82, 2.24) is 4.72 Å². The van der Waals surface area contributed by atoms with Gasteiger partial charge in [0.2, 0.25) is 10.0 Å². The third-order valence-electron chi connectivity index (χ3n) is 3.78. The molecule has 2 N–H and O–H groups in total. The third-order valence-corrected chi connectivity index (χ3v) is 5.20. The van der Waals surface area contributed by atoms with E-state index in [2.05, 4.69) is 4.72 Å². The van der Waals surface area contributed by atoms with Gasteiger partial charge in [0.25, 0.3) is 0 Å². The van der Waals surface area contributed by atoms with Crippen molar-refractivity contribution in [2.75, 3.05) is 18.5 Å². The molecule has 150 valence electrons. The molecule has 11 heteroatoms. The highest BCUT2D eigenvalue weighted by atomic mass is 32.2. The van der Waals surface area contributed by atoms with Crippen LogP contribution in [-0.2, 0) is 21.4 Å². The second-order valence-corrected chi connectivity index (χ2v) is 7.51. The maximum absolute atomic E-state index is 12.4. The van der Waals surface area contributed by atoms with Crippen molar-refractivity contribution in [3.63, 3.8) is 0 Å². The van der Waals surface area contributed by atoms with Gasteiger partial charge >= 0.3 is 12.1 Å². The van der Waals surface area contributed by atoms with Crippen LogP contribution in [-0.4, -0.2) is 33.7 Å². The Bertz CT molecular complexity index is 975. The largest absolute Gasteiger partial charge is 0.486 e. The summed E-state index contributed by atoms with van der Waals surface area (Å²) in [4.78, 5) is 10.7. The minimum Gasteiger partial charge on any atom is -0.486 e. The number of ether oxygens (including phenoxy) is 2.